The number of aromatic amines is 1. The fourth-order valence-electron chi connectivity index (χ4n) is 3.50. The molecule has 0 saturated carbocycles. The minimum absolute atomic E-state index is 0.176. The molecule has 8 nitrogen and oxygen atoms in total. The lowest BCUT2D eigenvalue weighted by Crippen LogP contribution is -2.17. The highest BCUT2D eigenvalue weighted by molar-refractivity contribution is 5.58. The van der Waals surface area contributed by atoms with Crippen molar-refractivity contribution in [2.24, 2.45) is 0 Å². The van der Waals surface area contributed by atoms with Gasteiger partial charge in [-0.05, 0) is 17.7 Å². The van der Waals surface area contributed by atoms with Gasteiger partial charge in [0, 0.05) is 30.6 Å². The standard InChI is InChI=1S/C23H19N5O3/c1-30-23-24-12-16(13-25-23)20-14-28-21(18(26-20)10-15-6-3-2-4-7-15)27-19(22(28)29)11-17-8-5-9-31-17/h2-9,12-14,26H,10-11H2,1H3. The van der Waals surface area contributed by atoms with Crippen molar-refractivity contribution in [3.05, 3.63) is 100 Å². The fourth-order valence-corrected chi connectivity index (χ4v) is 3.50. The number of nitrogens with one attached hydrogen (secondary N) is 1. The first-order valence-corrected chi connectivity index (χ1v) is 9.77. The van der Waals surface area contributed by atoms with Crippen LogP contribution in [-0.2, 0) is 12.8 Å². The first-order chi connectivity index (χ1) is 15.2. The van der Waals surface area contributed by atoms with Gasteiger partial charge < -0.3 is 14.1 Å². The van der Waals surface area contributed by atoms with Gasteiger partial charge in [-0.25, -0.2) is 15.0 Å². The maximum absolute atomic E-state index is 13.1. The van der Waals surface area contributed by atoms with Crippen LogP contribution in [-0.4, -0.2) is 31.6 Å². The molecule has 154 valence electrons. The Morgan fingerprint density at radius 1 is 1.06 bits per heavy atom. The lowest BCUT2D eigenvalue weighted by atomic mass is 10.1. The molecular weight excluding hydrogens is 394 g/mol. The van der Waals surface area contributed by atoms with Crippen LogP contribution in [0.2, 0.25) is 0 Å². The van der Waals surface area contributed by atoms with Crippen molar-refractivity contribution >= 4 is 0 Å². The van der Waals surface area contributed by atoms with E-state index in [9.17, 15) is 4.79 Å². The molecule has 1 aromatic carbocycles. The number of H-pyrrole nitrogens is 1. The number of hydrogen-bond acceptors (Lipinski definition) is 6. The van der Waals surface area contributed by atoms with Crippen LogP contribution < -0.4 is 10.3 Å². The molecule has 0 fully saturated rings. The summed E-state index contributed by atoms with van der Waals surface area (Å²) in [5.41, 5.74) is 3.62. The molecule has 0 radical (unpaired) electrons. The van der Waals surface area contributed by atoms with Crippen LogP contribution in [0, 0.1) is 0 Å². The summed E-state index contributed by atoms with van der Waals surface area (Å²) in [5, 5.41) is 0. The van der Waals surface area contributed by atoms with Crippen LogP contribution in [0.15, 0.2) is 76.5 Å². The summed E-state index contributed by atoms with van der Waals surface area (Å²) in [5.74, 6) is 1.28. The number of rotatable bonds is 6. The van der Waals surface area contributed by atoms with E-state index in [1.807, 2.05) is 36.4 Å². The molecule has 1 N–H and O–H groups in total. The number of imidazole rings is 1. The van der Waals surface area contributed by atoms with Crippen LogP contribution in [0.4, 0.5) is 0 Å². The summed E-state index contributed by atoms with van der Waals surface area (Å²) in [4.78, 5) is 29.6. The van der Waals surface area contributed by atoms with Gasteiger partial charge in [-0.3, -0.25) is 9.36 Å². The molecule has 0 bridgehead atoms. The SMILES string of the molecule is COc1ncc(-c2cn3c(=O)c(Cc4ccco4)nc-3c(Cc3ccccc3)[nH]2)cn1. The maximum Gasteiger partial charge on any atom is 0.316 e. The van der Waals surface area contributed by atoms with Crippen molar-refractivity contribution in [3.8, 4) is 23.1 Å². The predicted molar refractivity (Wildman–Crippen MR) is 114 cm³/mol. The second-order valence-electron chi connectivity index (χ2n) is 7.08. The van der Waals surface area contributed by atoms with Crippen LogP contribution in [0.5, 0.6) is 6.01 Å². The Labute approximate surface area is 177 Å². The molecule has 0 spiro atoms. The molecule has 8 heteroatoms. The number of nitrogens with zero attached hydrogens (tertiary/aromatic N) is 4. The normalized spacial score (nSPS) is 11.1. The van der Waals surface area contributed by atoms with Gasteiger partial charge in [-0.2, -0.15) is 0 Å². The van der Waals surface area contributed by atoms with Crippen molar-refractivity contribution in [1.82, 2.24) is 24.5 Å². The van der Waals surface area contributed by atoms with Crippen molar-refractivity contribution in [3.63, 3.8) is 0 Å². The predicted octanol–water partition coefficient (Wildman–Crippen LogP) is 3.24. The van der Waals surface area contributed by atoms with Crippen LogP contribution >= 0.6 is 0 Å². The molecule has 31 heavy (non-hydrogen) atoms. The molecule has 5 rings (SSSR count). The Morgan fingerprint density at radius 2 is 1.87 bits per heavy atom. The second kappa shape index (κ2) is 7.91. The van der Waals surface area contributed by atoms with E-state index in [-0.39, 0.29) is 11.6 Å². The van der Waals surface area contributed by atoms with Crippen molar-refractivity contribution in [1.29, 1.82) is 0 Å². The average Bonchev–Trinajstić information content (AvgIpc) is 3.43. The highest BCUT2D eigenvalue weighted by Gasteiger charge is 2.21. The van der Waals surface area contributed by atoms with E-state index in [2.05, 4.69) is 19.9 Å². The van der Waals surface area contributed by atoms with Gasteiger partial charge in [0.15, 0.2) is 5.82 Å². The quantitative estimate of drug-likeness (QED) is 0.459. The number of fused-ring (bicyclic) bond motifs is 1. The van der Waals surface area contributed by atoms with Gasteiger partial charge in [-0.15, -0.1) is 0 Å². The first kappa shape index (κ1) is 18.8. The number of benzene rings is 1. The van der Waals surface area contributed by atoms with Crippen LogP contribution in [0.25, 0.3) is 17.1 Å². The smallest absolute Gasteiger partial charge is 0.316 e. The third-order valence-electron chi connectivity index (χ3n) is 5.02. The topological polar surface area (TPSA) is 98.8 Å². The first-order valence-electron chi connectivity index (χ1n) is 9.77. The number of furan rings is 1. The summed E-state index contributed by atoms with van der Waals surface area (Å²) >= 11 is 0. The summed E-state index contributed by atoms with van der Waals surface area (Å²) in [6.07, 6.45) is 7.55. The zero-order chi connectivity index (χ0) is 21.2. The summed E-state index contributed by atoms with van der Waals surface area (Å²) in [6, 6.07) is 13.9. The molecule has 2 aliphatic rings. The Hall–Kier alpha value is -4.20. The molecular formula is C23H19N5O3. The van der Waals surface area contributed by atoms with Gasteiger partial charge >= 0.3 is 6.01 Å². The molecule has 0 unspecified atom stereocenters. The number of methoxy groups -OCH3 is 1. The molecule has 0 atom stereocenters. The average molecular weight is 413 g/mol. The summed E-state index contributed by atoms with van der Waals surface area (Å²) in [6.45, 7) is 0. The van der Waals surface area contributed by atoms with Crippen molar-refractivity contribution < 1.29 is 9.15 Å². The Morgan fingerprint density at radius 3 is 2.58 bits per heavy atom. The molecule has 3 aromatic rings. The van der Waals surface area contributed by atoms with E-state index in [1.54, 1.807) is 35.5 Å². The number of ether oxygens (including phenoxy) is 1. The van der Waals surface area contributed by atoms with Gasteiger partial charge in [0.1, 0.15) is 11.5 Å². The Balaban J connectivity index is 1.64. The monoisotopic (exact) mass is 413 g/mol. The van der Waals surface area contributed by atoms with Crippen LogP contribution in [0.3, 0.4) is 0 Å². The van der Waals surface area contributed by atoms with E-state index in [1.165, 1.54) is 7.11 Å². The highest BCUT2D eigenvalue weighted by Crippen LogP contribution is 2.23. The second-order valence-corrected chi connectivity index (χ2v) is 7.08. The summed E-state index contributed by atoms with van der Waals surface area (Å²) in [7, 11) is 1.51. The Bertz CT molecular complexity index is 1320. The van der Waals surface area contributed by atoms with E-state index >= 15 is 0 Å². The molecule has 4 heterocycles. The van der Waals surface area contributed by atoms with Crippen LogP contribution in [0.1, 0.15) is 22.7 Å². The minimum atomic E-state index is -0.176. The van der Waals surface area contributed by atoms with E-state index in [0.717, 1.165) is 16.8 Å². The van der Waals surface area contributed by atoms with E-state index in [4.69, 9.17) is 9.15 Å². The van der Waals surface area contributed by atoms with Gasteiger partial charge in [0.05, 0.1) is 31.2 Å². The maximum atomic E-state index is 13.1. The van der Waals surface area contributed by atoms with E-state index in [0.29, 0.717) is 35.8 Å². The van der Waals surface area contributed by atoms with Gasteiger partial charge in [-0.1, -0.05) is 30.3 Å². The minimum Gasteiger partial charge on any atom is -0.469 e. The third-order valence-corrected chi connectivity index (χ3v) is 5.02. The fraction of sp³-hybridized carbons (Fsp3) is 0.130. The molecule has 2 aromatic heterocycles. The molecule has 0 saturated heterocycles. The third kappa shape index (κ3) is 3.71. The molecule has 0 amide bonds. The Kier molecular flexibility index (Phi) is 4.80. The van der Waals surface area contributed by atoms with Crippen molar-refractivity contribution in [2.45, 2.75) is 12.8 Å². The number of hydrogen-bond donors (Lipinski definition) is 1. The largest absolute Gasteiger partial charge is 0.469 e. The summed E-state index contributed by atoms with van der Waals surface area (Å²) < 4.78 is 12.0. The molecule has 2 aliphatic heterocycles. The lowest BCUT2D eigenvalue weighted by Gasteiger charge is -2.13. The highest BCUT2D eigenvalue weighted by atomic mass is 16.5. The zero-order valence-electron chi connectivity index (χ0n) is 16.8. The van der Waals surface area contributed by atoms with Gasteiger partial charge in [0.2, 0.25) is 0 Å². The zero-order valence-corrected chi connectivity index (χ0v) is 16.8. The van der Waals surface area contributed by atoms with Gasteiger partial charge in [0.25, 0.3) is 5.56 Å². The van der Waals surface area contributed by atoms with Crippen molar-refractivity contribution in [2.75, 3.05) is 7.11 Å². The number of aromatic nitrogens is 5. The molecule has 0 aliphatic carbocycles. The lowest BCUT2D eigenvalue weighted by molar-refractivity contribution is 0.380. The van der Waals surface area contributed by atoms with E-state index < -0.39 is 0 Å².